The van der Waals surface area contributed by atoms with E-state index in [4.69, 9.17) is 0 Å². The fourth-order valence-electron chi connectivity index (χ4n) is 4.17. The predicted octanol–water partition coefficient (Wildman–Crippen LogP) is 2.41. The molecule has 7 nitrogen and oxygen atoms in total. The number of amides is 2. The lowest BCUT2D eigenvalue weighted by Crippen LogP contribution is -2.49. The summed E-state index contributed by atoms with van der Waals surface area (Å²) < 4.78 is 55.1. The van der Waals surface area contributed by atoms with E-state index in [0.717, 1.165) is 6.07 Å². The number of piperazine rings is 1. The third kappa shape index (κ3) is 4.12. The van der Waals surface area contributed by atoms with E-state index in [9.17, 15) is 26.8 Å². The van der Waals surface area contributed by atoms with Gasteiger partial charge in [-0.3, -0.25) is 9.59 Å². The Labute approximate surface area is 185 Å². The summed E-state index contributed by atoms with van der Waals surface area (Å²) in [6, 6.07) is 7.50. The lowest BCUT2D eigenvalue weighted by atomic mass is 10.00. The smallest absolute Gasteiger partial charge is 0.258 e. The summed E-state index contributed by atoms with van der Waals surface area (Å²) in [7, 11) is -3.77. The monoisotopic (exact) mass is 463 g/mol. The molecule has 0 saturated carbocycles. The topological polar surface area (TPSA) is 78.0 Å². The SMILES string of the molecule is CC(=O)N1CCN(S(=O)(=O)c2ccc(C(=O)N3CCCc4cc(F)cc(F)c43)cc2)CC1. The maximum Gasteiger partial charge on any atom is 0.258 e. The highest BCUT2D eigenvalue weighted by molar-refractivity contribution is 7.89. The molecule has 2 amide bonds. The summed E-state index contributed by atoms with van der Waals surface area (Å²) in [5.41, 5.74) is 0.718. The van der Waals surface area contributed by atoms with E-state index < -0.39 is 27.6 Å². The summed E-state index contributed by atoms with van der Waals surface area (Å²) in [5, 5.41) is 0. The number of hydrogen-bond donors (Lipinski definition) is 0. The Morgan fingerprint density at radius 1 is 0.938 bits per heavy atom. The molecule has 0 aromatic heterocycles. The molecule has 0 N–H and O–H groups in total. The number of benzene rings is 2. The van der Waals surface area contributed by atoms with Crippen LogP contribution in [0.15, 0.2) is 41.3 Å². The van der Waals surface area contributed by atoms with Crippen molar-refractivity contribution < 1.29 is 26.8 Å². The fourth-order valence-corrected chi connectivity index (χ4v) is 5.59. The van der Waals surface area contributed by atoms with Crippen molar-refractivity contribution in [3.05, 3.63) is 59.2 Å². The molecular weight excluding hydrogens is 440 g/mol. The molecule has 0 radical (unpaired) electrons. The molecule has 0 aliphatic carbocycles. The standard InChI is InChI=1S/C22H23F2N3O4S/c1-15(28)25-9-11-26(12-10-25)32(30,31)19-6-4-16(5-7-19)22(29)27-8-2-3-17-13-18(23)14-20(24)21(17)27/h4-7,13-14H,2-3,8-12H2,1H3. The van der Waals surface area contributed by atoms with Gasteiger partial charge in [0.15, 0.2) is 0 Å². The van der Waals surface area contributed by atoms with E-state index >= 15 is 0 Å². The molecule has 170 valence electrons. The Balaban J connectivity index is 1.54. The molecule has 2 aromatic carbocycles. The summed E-state index contributed by atoms with van der Waals surface area (Å²) in [6.45, 7) is 2.78. The normalized spacial score (nSPS) is 17.2. The van der Waals surface area contributed by atoms with Crippen LogP contribution in [0.3, 0.4) is 0 Å². The zero-order valence-electron chi connectivity index (χ0n) is 17.6. The summed E-state index contributed by atoms with van der Waals surface area (Å²) in [4.78, 5) is 27.4. The van der Waals surface area contributed by atoms with Gasteiger partial charge in [-0.05, 0) is 48.7 Å². The number of fused-ring (bicyclic) bond motifs is 1. The first kappa shape index (κ1) is 22.3. The number of carbonyl (C=O) groups is 2. The first-order valence-corrected chi connectivity index (χ1v) is 11.8. The first-order chi connectivity index (χ1) is 15.2. The number of halogens is 2. The molecule has 1 saturated heterocycles. The van der Waals surface area contributed by atoms with Crippen molar-refractivity contribution in [3.63, 3.8) is 0 Å². The Hall–Kier alpha value is -2.85. The third-order valence-corrected chi connectivity index (χ3v) is 7.79. The van der Waals surface area contributed by atoms with Crippen molar-refractivity contribution >= 4 is 27.5 Å². The zero-order chi connectivity index (χ0) is 23.0. The van der Waals surface area contributed by atoms with Crippen LogP contribution < -0.4 is 4.90 Å². The minimum atomic E-state index is -3.77. The molecule has 10 heteroatoms. The van der Waals surface area contributed by atoms with Crippen molar-refractivity contribution in [1.29, 1.82) is 0 Å². The number of aryl methyl sites for hydroxylation is 1. The molecule has 0 atom stereocenters. The molecule has 2 aromatic rings. The van der Waals surface area contributed by atoms with E-state index in [-0.39, 0.29) is 41.7 Å². The van der Waals surface area contributed by atoms with Crippen molar-refractivity contribution in [2.45, 2.75) is 24.7 Å². The highest BCUT2D eigenvalue weighted by Gasteiger charge is 2.31. The Bertz CT molecular complexity index is 1160. The van der Waals surface area contributed by atoms with Crippen LogP contribution in [0.1, 0.15) is 29.3 Å². The summed E-state index contributed by atoms with van der Waals surface area (Å²) in [6.07, 6.45) is 1.04. The van der Waals surface area contributed by atoms with Gasteiger partial charge in [0.2, 0.25) is 15.9 Å². The van der Waals surface area contributed by atoms with Crippen LogP contribution in [0, 0.1) is 11.6 Å². The maximum atomic E-state index is 14.4. The minimum Gasteiger partial charge on any atom is -0.340 e. The van der Waals surface area contributed by atoms with Gasteiger partial charge in [0.05, 0.1) is 10.6 Å². The van der Waals surface area contributed by atoms with Gasteiger partial charge in [0.1, 0.15) is 11.6 Å². The van der Waals surface area contributed by atoms with E-state index in [1.54, 1.807) is 4.90 Å². The molecule has 2 aliphatic rings. The van der Waals surface area contributed by atoms with E-state index in [1.165, 1.54) is 46.5 Å². The molecule has 2 aliphatic heterocycles. The molecule has 0 bridgehead atoms. The van der Waals surface area contributed by atoms with E-state index in [0.29, 0.717) is 31.5 Å². The quantitative estimate of drug-likeness (QED) is 0.701. The number of hydrogen-bond acceptors (Lipinski definition) is 4. The summed E-state index contributed by atoms with van der Waals surface area (Å²) >= 11 is 0. The maximum absolute atomic E-state index is 14.4. The number of rotatable bonds is 3. The van der Waals surface area contributed by atoms with Gasteiger partial charge in [-0.25, -0.2) is 17.2 Å². The van der Waals surface area contributed by atoms with Crippen molar-refractivity contribution in [1.82, 2.24) is 9.21 Å². The highest BCUT2D eigenvalue weighted by Crippen LogP contribution is 2.32. The molecule has 1 fully saturated rings. The first-order valence-electron chi connectivity index (χ1n) is 10.3. The Kier molecular flexibility index (Phi) is 6.00. The minimum absolute atomic E-state index is 0.0395. The molecule has 32 heavy (non-hydrogen) atoms. The van der Waals surface area contributed by atoms with Gasteiger partial charge in [-0.1, -0.05) is 0 Å². The fraction of sp³-hybridized carbons (Fsp3) is 0.364. The van der Waals surface area contributed by atoms with Crippen LogP contribution in [-0.2, 0) is 21.2 Å². The van der Waals surface area contributed by atoms with Gasteiger partial charge >= 0.3 is 0 Å². The van der Waals surface area contributed by atoms with Gasteiger partial charge in [-0.2, -0.15) is 4.31 Å². The van der Waals surface area contributed by atoms with Crippen LogP contribution in [0.2, 0.25) is 0 Å². The second-order valence-corrected chi connectivity index (χ2v) is 9.83. The molecular formula is C22H23F2N3O4S. The number of anilines is 1. The van der Waals surface area contributed by atoms with Crippen molar-refractivity contribution in [2.75, 3.05) is 37.6 Å². The Morgan fingerprint density at radius 3 is 2.22 bits per heavy atom. The largest absolute Gasteiger partial charge is 0.340 e. The predicted molar refractivity (Wildman–Crippen MR) is 114 cm³/mol. The van der Waals surface area contributed by atoms with Crippen molar-refractivity contribution in [2.24, 2.45) is 0 Å². The zero-order valence-corrected chi connectivity index (χ0v) is 18.4. The summed E-state index contributed by atoms with van der Waals surface area (Å²) in [5.74, 6) is -2.05. The second-order valence-electron chi connectivity index (χ2n) is 7.89. The average Bonchev–Trinajstić information content (AvgIpc) is 2.78. The highest BCUT2D eigenvalue weighted by atomic mass is 32.2. The van der Waals surface area contributed by atoms with Crippen LogP contribution in [0.4, 0.5) is 14.5 Å². The third-order valence-electron chi connectivity index (χ3n) is 5.87. The second kappa shape index (κ2) is 8.59. The lowest BCUT2D eigenvalue weighted by Gasteiger charge is -2.33. The Morgan fingerprint density at radius 2 is 1.59 bits per heavy atom. The van der Waals surface area contributed by atoms with Gasteiger partial charge in [0.25, 0.3) is 5.91 Å². The van der Waals surface area contributed by atoms with Gasteiger partial charge in [0, 0.05) is 51.3 Å². The molecule has 0 unspecified atom stereocenters. The molecule has 2 heterocycles. The molecule has 4 rings (SSSR count). The van der Waals surface area contributed by atoms with Crippen LogP contribution in [0.25, 0.3) is 0 Å². The van der Waals surface area contributed by atoms with Crippen LogP contribution in [-0.4, -0.2) is 62.2 Å². The number of sulfonamides is 1. The lowest BCUT2D eigenvalue weighted by molar-refractivity contribution is -0.129. The van der Waals surface area contributed by atoms with Gasteiger partial charge in [-0.15, -0.1) is 0 Å². The average molecular weight is 464 g/mol. The van der Waals surface area contributed by atoms with Crippen LogP contribution in [0.5, 0.6) is 0 Å². The van der Waals surface area contributed by atoms with Crippen molar-refractivity contribution in [3.8, 4) is 0 Å². The molecule has 0 spiro atoms. The number of carbonyl (C=O) groups excluding carboxylic acids is 2. The van der Waals surface area contributed by atoms with Gasteiger partial charge < -0.3 is 9.80 Å². The van der Waals surface area contributed by atoms with Crippen LogP contribution >= 0.6 is 0 Å². The van der Waals surface area contributed by atoms with E-state index in [2.05, 4.69) is 0 Å². The number of nitrogens with zero attached hydrogens (tertiary/aromatic N) is 3. The van der Waals surface area contributed by atoms with E-state index in [1.807, 2.05) is 0 Å².